The van der Waals surface area contributed by atoms with Crippen LogP contribution >= 0.6 is 0 Å². The van der Waals surface area contributed by atoms with Crippen LogP contribution in [0.4, 0.5) is 14.5 Å². The lowest BCUT2D eigenvalue weighted by molar-refractivity contribution is -0.118. The molecule has 0 aliphatic carbocycles. The van der Waals surface area contributed by atoms with Crippen molar-refractivity contribution in [1.82, 2.24) is 0 Å². The highest BCUT2D eigenvalue weighted by molar-refractivity contribution is 7.91. The van der Waals surface area contributed by atoms with Gasteiger partial charge in [-0.15, -0.1) is 0 Å². The maximum atomic E-state index is 12.8. The lowest BCUT2D eigenvalue weighted by atomic mass is 10.0. The third-order valence-electron chi connectivity index (χ3n) is 3.85. The number of hydrogen-bond acceptors (Lipinski definition) is 4. The summed E-state index contributed by atoms with van der Waals surface area (Å²) in [6.45, 7) is 5.49. The minimum absolute atomic E-state index is 0.181. The Morgan fingerprint density at radius 3 is 2.44 bits per heavy atom. The monoisotopic (exact) mass is 397 g/mol. The molecule has 0 aliphatic rings. The van der Waals surface area contributed by atoms with Crippen LogP contribution in [0, 0.1) is 6.92 Å². The Hall–Kier alpha value is -2.48. The Bertz CT molecular complexity index is 927. The van der Waals surface area contributed by atoms with Crippen LogP contribution in [0.25, 0.3) is 0 Å². The van der Waals surface area contributed by atoms with Gasteiger partial charge in [0, 0.05) is 0 Å². The summed E-state index contributed by atoms with van der Waals surface area (Å²) in [5, 5.41) is 2.33. The van der Waals surface area contributed by atoms with Crippen LogP contribution in [-0.4, -0.2) is 26.7 Å². The number of ether oxygens (including phenoxy) is 1. The highest BCUT2D eigenvalue weighted by atomic mass is 32.2. The molecule has 0 radical (unpaired) electrons. The number of amides is 1. The topological polar surface area (TPSA) is 72.5 Å². The Kier molecular flexibility index (Phi) is 6.54. The van der Waals surface area contributed by atoms with Crippen LogP contribution < -0.4 is 10.1 Å². The molecule has 0 atom stereocenters. The van der Waals surface area contributed by atoms with E-state index in [0.29, 0.717) is 5.75 Å². The van der Waals surface area contributed by atoms with E-state index >= 15 is 0 Å². The van der Waals surface area contributed by atoms with Crippen molar-refractivity contribution >= 4 is 21.4 Å². The molecule has 2 aromatic carbocycles. The third kappa shape index (κ3) is 5.03. The molecule has 5 nitrogen and oxygen atoms in total. The summed E-state index contributed by atoms with van der Waals surface area (Å²) in [6.07, 6.45) is 0. The van der Waals surface area contributed by atoms with Gasteiger partial charge in [-0.05, 0) is 42.2 Å². The summed E-state index contributed by atoms with van der Waals surface area (Å²) < 4.78 is 54.7. The standard InChI is InChI=1S/C19H21F2NO4S/c1-12(2)14-9-8-13(3)10-16(14)26-11-18(23)22-15-6-4-5-7-17(15)27(24,25)19(20)21/h4-10,12,19H,11H2,1-3H3,(H,22,23). The van der Waals surface area contributed by atoms with Crippen molar-refractivity contribution in [3.05, 3.63) is 53.6 Å². The van der Waals surface area contributed by atoms with E-state index < -0.39 is 26.4 Å². The highest BCUT2D eigenvalue weighted by Gasteiger charge is 2.29. The van der Waals surface area contributed by atoms with Crippen molar-refractivity contribution in [1.29, 1.82) is 0 Å². The van der Waals surface area contributed by atoms with Crippen LogP contribution in [-0.2, 0) is 14.6 Å². The molecule has 0 bridgehead atoms. The number of alkyl halides is 2. The highest BCUT2D eigenvalue weighted by Crippen LogP contribution is 2.28. The average Bonchev–Trinajstić information content (AvgIpc) is 2.60. The van der Waals surface area contributed by atoms with Gasteiger partial charge >= 0.3 is 5.76 Å². The van der Waals surface area contributed by atoms with Crippen LogP contribution in [0.15, 0.2) is 47.4 Å². The number of carbonyl (C=O) groups is 1. The summed E-state index contributed by atoms with van der Waals surface area (Å²) in [4.78, 5) is 11.5. The van der Waals surface area contributed by atoms with Gasteiger partial charge in [-0.3, -0.25) is 4.79 Å². The van der Waals surface area contributed by atoms with Crippen molar-refractivity contribution in [2.75, 3.05) is 11.9 Å². The molecule has 27 heavy (non-hydrogen) atoms. The van der Waals surface area contributed by atoms with Crippen LogP contribution in [0.1, 0.15) is 30.9 Å². The van der Waals surface area contributed by atoms with E-state index in [9.17, 15) is 22.0 Å². The molecule has 2 rings (SSSR count). The Balaban J connectivity index is 2.16. The Morgan fingerprint density at radius 1 is 1.15 bits per heavy atom. The molecule has 0 aromatic heterocycles. The van der Waals surface area contributed by atoms with E-state index in [-0.39, 0.29) is 18.2 Å². The number of halogens is 2. The zero-order chi connectivity index (χ0) is 20.2. The van der Waals surface area contributed by atoms with E-state index in [4.69, 9.17) is 4.74 Å². The average molecular weight is 397 g/mol. The number of carbonyl (C=O) groups excluding carboxylic acids is 1. The summed E-state index contributed by atoms with van der Waals surface area (Å²) in [7, 11) is -4.83. The van der Waals surface area contributed by atoms with Crippen molar-refractivity contribution < 1.29 is 26.7 Å². The number of anilines is 1. The molecule has 8 heteroatoms. The third-order valence-corrected chi connectivity index (χ3v) is 5.29. The molecule has 1 N–H and O–H groups in total. The number of hydrogen-bond donors (Lipinski definition) is 1. The smallest absolute Gasteiger partial charge is 0.341 e. The van der Waals surface area contributed by atoms with Gasteiger partial charge in [-0.2, -0.15) is 8.78 Å². The number of sulfone groups is 1. The van der Waals surface area contributed by atoms with Gasteiger partial charge in [0.15, 0.2) is 6.61 Å². The summed E-state index contributed by atoms with van der Waals surface area (Å²) >= 11 is 0. The molecular formula is C19H21F2NO4S. The number of para-hydroxylation sites is 1. The molecule has 146 valence electrons. The molecule has 0 saturated carbocycles. The van der Waals surface area contributed by atoms with E-state index in [0.717, 1.165) is 17.2 Å². The quantitative estimate of drug-likeness (QED) is 0.762. The molecule has 0 unspecified atom stereocenters. The fourth-order valence-electron chi connectivity index (χ4n) is 2.49. The Labute approximate surface area is 157 Å². The van der Waals surface area contributed by atoms with E-state index in [2.05, 4.69) is 5.32 Å². The van der Waals surface area contributed by atoms with E-state index in [1.807, 2.05) is 32.9 Å². The first-order valence-corrected chi connectivity index (χ1v) is 9.82. The first-order valence-electron chi connectivity index (χ1n) is 8.27. The summed E-state index contributed by atoms with van der Waals surface area (Å²) in [5.74, 6) is -3.50. The number of benzene rings is 2. The first-order chi connectivity index (χ1) is 12.6. The first kappa shape index (κ1) is 20.8. The van der Waals surface area contributed by atoms with Crippen molar-refractivity contribution in [2.45, 2.75) is 37.3 Å². The fraction of sp³-hybridized carbons (Fsp3) is 0.316. The predicted octanol–water partition coefficient (Wildman–Crippen LogP) is 4.13. The van der Waals surface area contributed by atoms with E-state index in [1.54, 1.807) is 6.07 Å². The molecule has 2 aromatic rings. The van der Waals surface area contributed by atoms with Gasteiger partial charge in [-0.25, -0.2) is 8.42 Å². The van der Waals surface area contributed by atoms with Gasteiger partial charge in [0.05, 0.1) is 10.6 Å². The molecule has 0 spiro atoms. The second-order valence-electron chi connectivity index (χ2n) is 6.33. The van der Waals surface area contributed by atoms with Gasteiger partial charge < -0.3 is 10.1 Å². The minimum atomic E-state index is -4.83. The van der Waals surface area contributed by atoms with Crippen molar-refractivity contribution in [2.24, 2.45) is 0 Å². The lowest BCUT2D eigenvalue weighted by Crippen LogP contribution is -2.23. The largest absolute Gasteiger partial charge is 0.483 e. The molecule has 0 aliphatic heterocycles. The van der Waals surface area contributed by atoms with Crippen molar-refractivity contribution in [3.8, 4) is 5.75 Å². The van der Waals surface area contributed by atoms with Crippen LogP contribution in [0.3, 0.4) is 0 Å². The molecule has 0 saturated heterocycles. The molecular weight excluding hydrogens is 376 g/mol. The maximum Gasteiger partial charge on any atom is 0.341 e. The summed E-state index contributed by atoms with van der Waals surface area (Å²) in [6, 6.07) is 10.7. The van der Waals surface area contributed by atoms with Crippen molar-refractivity contribution in [3.63, 3.8) is 0 Å². The number of rotatable bonds is 7. The maximum absolute atomic E-state index is 12.8. The van der Waals surface area contributed by atoms with Crippen LogP contribution in [0.5, 0.6) is 5.75 Å². The molecule has 0 fully saturated rings. The van der Waals surface area contributed by atoms with Crippen LogP contribution in [0.2, 0.25) is 0 Å². The summed E-state index contributed by atoms with van der Waals surface area (Å²) in [5.41, 5.74) is 1.68. The number of aryl methyl sites for hydroxylation is 1. The SMILES string of the molecule is Cc1ccc(C(C)C)c(OCC(=O)Nc2ccccc2S(=O)(=O)C(F)F)c1. The zero-order valence-corrected chi connectivity index (χ0v) is 16.0. The molecule has 0 heterocycles. The van der Waals surface area contributed by atoms with E-state index in [1.165, 1.54) is 18.2 Å². The minimum Gasteiger partial charge on any atom is -0.483 e. The predicted molar refractivity (Wildman–Crippen MR) is 99.0 cm³/mol. The second-order valence-corrected chi connectivity index (χ2v) is 8.22. The van der Waals surface area contributed by atoms with Gasteiger partial charge in [0.2, 0.25) is 9.84 Å². The number of nitrogens with one attached hydrogen (secondary N) is 1. The van der Waals surface area contributed by atoms with Gasteiger partial charge in [-0.1, -0.05) is 38.1 Å². The zero-order valence-electron chi connectivity index (χ0n) is 15.2. The fourth-order valence-corrected chi connectivity index (χ4v) is 3.37. The second kappa shape index (κ2) is 8.47. The molecule has 1 amide bonds. The lowest BCUT2D eigenvalue weighted by Gasteiger charge is -2.15. The van der Waals surface area contributed by atoms with Gasteiger partial charge in [0.25, 0.3) is 5.91 Å². The normalized spacial score (nSPS) is 11.7. The van der Waals surface area contributed by atoms with Gasteiger partial charge in [0.1, 0.15) is 5.75 Å². The Morgan fingerprint density at radius 2 is 1.81 bits per heavy atom.